The predicted octanol–water partition coefficient (Wildman–Crippen LogP) is 1.54. The van der Waals surface area contributed by atoms with Crippen molar-refractivity contribution >= 4 is 29.0 Å². The summed E-state index contributed by atoms with van der Waals surface area (Å²) in [5.41, 5.74) is 6.34. The SMILES string of the molecule is NC(=O)c1ncc(N2CCCCC2)nc1Nc1ccc(N2CCOCC2)nc1. The monoisotopic (exact) mass is 383 g/mol. The van der Waals surface area contributed by atoms with Crippen molar-refractivity contribution in [3.8, 4) is 0 Å². The smallest absolute Gasteiger partial charge is 0.271 e. The lowest BCUT2D eigenvalue weighted by Gasteiger charge is -2.28. The summed E-state index contributed by atoms with van der Waals surface area (Å²) in [4.78, 5) is 29.6. The first-order valence-electron chi connectivity index (χ1n) is 9.68. The van der Waals surface area contributed by atoms with Crippen molar-refractivity contribution in [3.05, 3.63) is 30.2 Å². The average molecular weight is 383 g/mol. The van der Waals surface area contributed by atoms with Gasteiger partial charge in [-0.05, 0) is 31.4 Å². The number of hydrogen-bond donors (Lipinski definition) is 2. The summed E-state index contributed by atoms with van der Waals surface area (Å²) in [7, 11) is 0. The Balaban J connectivity index is 1.54. The van der Waals surface area contributed by atoms with Crippen LogP contribution in [0.25, 0.3) is 0 Å². The molecule has 0 saturated carbocycles. The minimum atomic E-state index is -0.613. The first-order valence-corrected chi connectivity index (χ1v) is 9.68. The minimum Gasteiger partial charge on any atom is -0.378 e. The maximum absolute atomic E-state index is 11.8. The minimum absolute atomic E-state index is 0.123. The lowest BCUT2D eigenvalue weighted by atomic mass is 10.1. The molecule has 3 N–H and O–H groups in total. The normalized spacial score (nSPS) is 17.4. The molecule has 4 heterocycles. The van der Waals surface area contributed by atoms with Crippen molar-refractivity contribution in [2.75, 3.05) is 54.5 Å². The van der Waals surface area contributed by atoms with Crippen molar-refractivity contribution in [1.82, 2.24) is 15.0 Å². The Kier molecular flexibility index (Phi) is 5.52. The zero-order valence-corrected chi connectivity index (χ0v) is 15.8. The largest absolute Gasteiger partial charge is 0.378 e. The van der Waals surface area contributed by atoms with E-state index in [4.69, 9.17) is 10.5 Å². The molecule has 28 heavy (non-hydrogen) atoms. The molecular weight excluding hydrogens is 358 g/mol. The van der Waals surface area contributed by atoms with Crippen molar-refractivity contribution < 1.29 is 9.53 Å². The molecule has 2 aliphatic heterocycles. The van der Waals surface area contributed by atoms with E-state index >= 15 is 0 Å². The van der Waals surface area contributed by atoms with Gasteiger partial charge in [-0.1, -0.05) is 0 Å². The number of aromatic nitrogens is 3. The van der Waals surface area contributed by atoms with Crippen molar-refractivity contribution in [2.45, 2.75) is 19.3 Å². The Morgan fingerprint density at radius 3 is 2.39 bits per heavy atom. The van der Waals surface area contributed by atoms with E-state index in [9.17, 15) is 4.79 Å². The number of carbonyl (C=O) groups is 1. The van der Waals surface area contributed by atoms with Crippen LogP contribution in [-0.4, -0.2) is 60.3 Å². The fourth-order valence-corrected chi connectivity index (χ4v) is 3.50. The van der Waals surface area contributed by atoms with E-state index in [1.165, 1.54) is 6.42 Å². The number of amides is 1. The Morgan fingerprint density at radius 2 is 1.71 bits per heavy atom. The molecule has 9 nitrogen and oxygen atoms in total. The van der Waals surface area contributed by atoms with E-state index in [1.54, 1.807) is 12.4 Å². The topological polar surface area (TPSA) is 110 Å². The van der Waals surface area contributed by atoms with Gasteiger partial charge in [0, 0.05) is 26.2 Å². The van der Waals surface area contributed by atoms with E-state index in [2.05, 4.69) is 30.1 Å². The molecule has 0 atom stereocenters. The quantitative estimate of drug-likeness (QED) is 0.800. The number of rotatable bonds is 5. The zero-order chi connectivity index (χ0) is 19.3. The molecule has 0 spiro atoms. The lowest BCUT2D eigenvalue weighted by Crippen LogP contribution is -2.36. The molecule has 2 aromatic rings. The molecule has 2 saturated heterocycles. The molecule has 2 aliphatic rings. The summed E-state index contributed by atoms with van der Waals surface area (Å²) in [6.07, 6.45) is 6.85. The number of morpholine rings is 1. The van der Waals surface area contributed by atoms with E-state index in [1.807, 2.05) is 12.1 Å². The number of piperidine rings is 1. The van der Waals surface area contributed by atoms with Gasteiger partial charge in [0.2, 0.25) is 0 Å². The number of hydrogen-bond acceptors (Lipinski definition) is 8. The van der Waals surface area contributed by atoms with Gasteiger partial charge in [0.05, 0.1) is 31.3 Å². The number of nitrogens with zero attached hydrogens (tertiary/aromatic N) is 5. The van der Waals surface area contributed by atoms with Crippen molar-refractivity contribution in [3.63, 3.8) is 0 Å². The van der Waals surface area contributed by atoms with Gasteiger partial charge in [0.1, 0.15) is 11.6 Å². The van der Waals surface area contributed by atoms with Crippen molar-refractivity contribution in [2.24, 2.45) is 5.73 Å². The van der Waals surface area contributed by atoms with E-state index in [0.717, 1.165) is 56.3 Å². The maximum Gasteiger partial charge on any atom is 0.271 e. The molecule has 0 unspecified atom stereocenters. The summed E-state index contributed by atoms with van der Waals surface area (Å²) >= 11 is 0. The van der Waals surface area contributed by atoms with Crippen LogP contribution in [0.15, 0.2) is 24.5 Å². The molecule has 2 aromatic heterocycles. The predicted molar refractivity (Wildman–Crippen MR) is 107 cm³/mol. The Morgan fingerprint density at radius 1 is 0.964 bits per heavy atom. The first kappa shape index (κ1) is 18.4. The number of pyridine rings is 1. The number of anilines is 4. The third-order valence-electron chi connectivity index (χ3n) is 5.02. The number of nitrogens with one attached hydrogen (secondary N) is 1. The van der Waals surface area contributed by atoms with Crippen LogP contribution in [0.5, 0.6) is 0 Å². The standard InChI is InChI=1S/C19H25N7O2/c20-18(27)17-19(24-16(13-22-17)25-6-2-1-3-7-25)23-14-4-5-15(21-12-14)26-8-10-28-11-9-26/h4-5,12-13H,1-3,6-11H2,(H2,20,27)(H,23,24). The molecule has 0 bridgehead atoms. The molecule has 0 radical (unpaired) electrons. The maximum atomic E-state index is 11.8. The number of primary amides is 1. The second-order valence-corrected chi connectivity index (χ2v) is 6.97. The van der Waals surface area contributed by atoms with E-state index in [0.29, 0.717) is 19.0 Å². The molecule has 1 amide bonds. The summed E-state index contributed by atoms with van der Waals surface area (Å²) < 4.78 is 5.38. The fourth-order valence-electron chi connectivity index (χ4n) is 3.50. The van der Waals surface area contributed by atoms with Crippen LogP contribution in [0, 0.1) is 0 Å². The summed E-state index contributed by atoms with van der Waals surface area (Å²) in [5.74, 6) is 1.40. The molecule has 0 aliphatic carbocycles. The fraction of sp³-hybridized carbons (Fsp3) is 0.474. The highest BCUT2D eigenvalue weighted by Gasteiger charge is 2.18. The van der Waals surface area contributed by atoms with Gasteiger partial charge < -0.3 is 25.6 Å². The summed E-state index contributed by atoms with van der Waals surface area (Å²) in [6, 6.07) is 3.86. The highest BCUT2D eigenvalue weighted by atomic mass is 16.5. The van der Waals surface area contributed by atoms with Gasteiger partial charge in [-0.25, -0.2) is 15.0 Å². The zero-order valence-electron chi connectivity index (χ0n) is 15.8. The Bertz CT molecular complexity index is 816. The number of carbonyl (C=O) groups excluding carboxylic acids is 1. The van der Waals surface area contributed by atoms with E-state index < -0.39 is 5.91 Å². The highest BCUT2D eigenvalue weighted by Crippen LogP contribution is 2.24. The van der Waals surface area contributed by atoms with Crippen molar-refractivity contribution in [1.29, 1.82) is 0 Å². The number of nitrogens with two attached hydrogens (primary N) is 1. The van der Waals surface area contributed by atoms with Crippen LogP contribution in [0.2, 0.25) is 0 Å². The first-order chi connectivity index (χ1) is 13.7. The molecular formula is C19H25N7O2. The van der Waals surface area contributed by atoms with Gasteiger partial charge in [-0.3, -0.25) is 4.79 Å². The van der Waals surface area contributed by atoms with Crippen LogP contribution in [0.3, 0.4) is 0 Å². The van der Waals surface area contributed by atoms with Gasteiger partial charge >= 0.3 is 0 Å². The molecule has 4 rings (SSSR count). The van der Waals surface area contributed by atoms with Gasteiger partial charge in [0.25, 0.3) is 5.91 Å². The second-order valence-electron chi connectivity index (χ2n) is 6.97. The second kappa shape index (κ2) is 8.39. The van der Waals surface area contributed by atoms with Crippen LogP contribution < -0.4 is 20.9 Å². The molecule has 148 valence electrons. The highest BCUT2D eigenvalue weighted by molar-refractivity contribution is 5.96. The molecule has 0 aromatic carbocycles. The van der Waals surface area contributed by atoms with Gasteiger partial charge in [0.15, 0.2) is 11.5 Å². The third-order valence-corrected chi connectivity index (χ3v) is 5.02. The molecule has 9 heteroatoms. The summed E-state index contributed by atoms with van der Waals surface area (Å²) in [6.45, 7) is 4.97. The lowest BCUT2D eigenvalue weighted by molar-refractivity contribution is 0.0996. The van der Waals surface area contributed by atoms with Crippen LogP contribution >= 0.6 is 0 Å². The third kappa shape index (κ3) is 4.14. The van der Waals surface area contributed by atoms with Crippen LogP contribution in [0.1, 0.15) is 29.8 Å². The Labute approximate surface area is 163 Å². The summed E-state index contributed by atoms with van der Waals surface area (Å²) in [5, 5.41) is 3.16. The van der Waals surface area contributed by atoms with Gasteiger partial charge in [-0.15, -0.1) is 0 Å². The van der Waals surface area contributed by atoms with Gasteiger partial charge in [-0.2, -0.15) is 0 Å². The molecule has 2 fully saturated rings. The average Bonchev–Trinajstić information content (AvgIpc) is 2.75. The van der Waals surface area contributed by atoms with Crippen LogP contribution in [-0.2, 0) is 4.74 Å². The van der Waals surface area contributed by atoms with Crippen LogP contribution in [0.4, 0.5) is 23.1 Å². The Hall–Kier alpha value is -2.94. The number of ether oxygens (including phenoxy) is 1. The van der Waals surface area contributed by atoms with E-state index in [-0.39, 0.29) is 5.69 Å².